The molecule has 1 amide bonds. The molecule has 2 rings (SSSR count). The summed E-state index contributed by atoms with van der Waals surface area (Å²) in [7, 11) is 0. The molecule has 1 aromatic heterocycles. The van der Waals surface area contributed by atoms with Gasteiger partial charge in [-0.3, -0.25) is 4.79 Å². The van der Waals surface area contributed by atoms with Crippen LogP contribution in [0.15, 0.2) is 4.52 Å². The molecule has 0 aromatic carbocycles. The van der Waals surface area contributed by atoms with Crippen LogP contribution in [0.2, 0.25) is 0 Å². The third-order valence-electron chi connectivity index (χ3n) is 4.74. The molecule has 5 heteroatoms. The van der Waals surface area contributed by atoms with Crippen LogP contribution in [0.25, 0.3) is 0 Å². The quantitative estimate of drug-likeness (QED) is 0.897. The summed E-state index contributed by atoms with van der Waals surface area (Å²) in [6.07, 6.45) is 3.63. The van der Waals surface area contributed by atoms with Gasteiger partial charge in [0.15, 0.2) is 0 Å². The molecule has 1 aromatic rings. The van der Waals surface area contributed by atoms with Crippen molar-refractivity contribution < 1.29 is 9.32 Å². The number of carbonyl (C=O) groups excluding carboxylic acids is 1. The fourth-order valence-corrected chi connectivity index (χ4v) is 3.42. The summed E-state index contributed by atoms with van der Waals surface area (Å²) >= 11 is 0. The van der Waals surface area contributed by atoms with E-state index in [2.05, 4.69) is 38.2 Å². The van der Waals surface area contributed by atoms with Crippen LogP contribution in [0.1, 0.15) is 64.0 Å². The molecule has 2 heterocycles. The van der Waals surface area contributed by atoms with Gasteiger partial charge in [-0.25, -0.2) is 0 Å². The van der Waals surface area contributed by atoms with Gasteiger partial charge in [-0.15, -0.1) is 0 Å². The summed E-state index contributed by atoms with van der Waals surface area (Å²) < 4.78 is 5.24. The van der Waals surface area contributed by atoms with Crippen molar-refractivity contribution in [2.75, 3.05) is 13.1 Å². The highest BCUT2D eigenvalue weighted by Crippen LogP contribution is 2.22. The zero-order valence-electron chi connectivity index (χ0n) is 16.1. The Morgan fingerprint density at radius 1 is 1.33 bits per heavy atom. The molecule has 1 unspecified atom stereocenters. The van der Waals surface area contributed by atoms with E-state index in [4.69, 9.17) is 4.52 Å². The van der Waals surface area contributed by atoms with E-state index in [1.54, 1.807) is 0 Å². The average molecular weight is 335 g/mol. The first-order chi connectivity index (χ1) is 11.2. The Hall–Kier alpha value is -1.36. The summed E-state index contributed by atoms with van der Waals surface area (Å²) in [4.78, 5) is 14.3. The lowest BCUT2D eigenvalue weighted by molar-refractivity contribution is -0.134. The predicted octanol–water partition coefficient (Wildman–Crippen LogP) is 3.24. The molecule has 24 heavy (non-hydrogen) atoms. The fraction of sp³-hybridized carbons (Fsp3) is 0.789. The van der Waals surface area contributed by atoms with Gasteiger partial charge in [-0.2, -0.15) is 0 Å². The minimum Gasteiger partial charge on any atom is -0.361 e. The van der Waals surface area contributed by atoms with Crippen molar-refractivity contribution in [1.29, 1.82) is 0 Å². The summed E-state index contributed by atoms with van der Waals surface area (Å²) in [6.45, 7) is 14.3. The Labute approximate surface area is 146 Å². The number of likely N-dealkylation sites (tertiary alicyclic amines) is 1. The molecule has 1 atom stereocenters. The van der Waals surface area contributed by atoms with Crippen molar-refractivity contribution in [2.45, 2.75) is 79.3 Å². The zero-order valence-corrected chi connectivity index (χ0v) is 16.1. The average Bonchev–Trinajstić information content (AvgIpc) is 2.78. The fourth-order valence-electron chi connectivity index (χ4n) is 3.42. The number of aryl methyl sites for hydroxylation is 2. The monoisotopic (exact) mass is 335 g/mol. The number of nitrogens with one attached hydrogen (secondary N) is 1. The van der Waals surface area contributed by atoms with Gasteiger partial charge >= 0.3 is 0 Å². The third-order valence-corrected chi connectivity index (χ3v) is 4.74. The lowest BCUT2D eigenvalue weighted by Crippen LogP contribution is -2.48. The number of amides is 1. The van der Waals surface area contributed by atoms with Crippen molar-refractivity contribution in [3.63, 3.8) is 0 Å². The topological polar surface area (TPSA) is 58.4 Å². The van der Waals surface area contributed by atoms with Gasteiger partial charge in [0.05, 0.1) is 5.69 Å². The van der Waals surface area contributed by atoms with E-state index in [0.29, 0.717) is 24.4 Å². The smallest absolute Gasteiger partial charge is 0.223 e. The molecular weight excluding hydrogens is 302 g/mol. The molecule has 5 nitrogen and oxygen atoms in total. The van der Waals surface area contributed by atoms with Gasteiger partial charge in [0.25, 0.3) is 0 Å². The van der Waals surface area contributed by atoms with Gasteiger partial charge in [0.1, 0.15) is 5.76 Å². The highest BCUT2D eigenvalue weighted by molar-refractivity contribution is 5.76. The number of piperidine rings is 1. The van der Waals surface area contributed by atoms with Crippen LogP contribution in [0.3, 0.4) is 0 Å². The maximum absolute atomic E-state index is 12.3. The normalized spacial score (nSPS) is 18.0. The first kappa shape index (κ1) is 19.0. The second-order valence-electron chi connectivity index (χ2n) is 8.47. The number of rotatable bonds is 5. The second kappa shape index (κ2) is 7.68. The molecule has 0 bridgehead atoms. The maximum Gasteiger partial charge on any atom is 0.223 e. The lowest BCUT2D eigenvalue weighted by Gasteiger charge is -2.35. The highest BCUT2D eigenvalue weighted by atomic mass is 16.5. The van der Waals surface area contributed by atoms with Crippen LogP contribution < -0.4 is 5.32 Å². The van der Waals surface area contributed by atoms with E-state index in [-0.39, 0.29) is 5.41 Å². The summed E-state index contributed by atoms with van der Waals surface area (Å²) in [5, 5.41) is 7.74. The van der Waals surface area contributed by atoms with Gasteiger partial charge < -0.3 is 14.7 Å². The van der Waals surface area contributed by atoms with Crippen LogP contribution in [0.4, 0.5) is 0 Å². The maximum atomic E-state index is 12.3. The van der Waals surface area contributed by atoms with Crippen LogP contribution in [-0.2, 0) is 11.2 Å². The molecule has 0 radical (unpaired) electrons. The van der Waals surface area contributed by atoms with Gasteiger partial charge in [-0.1, -0.05) is 25.9 Å². The van der Waals surface area contributed by atoms with Crippen molar-refractivity contribution in [3.05, 3.63) is 17.0 Å². The zero-order chi connectivity index (χ0) is 17.9. The summed E-state index contributed by atoms with van der Waals surface area (Å²) in [5.41, 5.74) is 2.27. The second-order valence-corrected chi connectivity index (χ2v) is 8.47. The van der Waals surface area contributed by atoms with E-state index in [9.17, 15) is 4.79 Å². The highest BCUT2D eigenvalue weighted by Gasteiger charge is 2.26. The molecule has 0 aliphatic carbocycles. The first-order valence-electron chi connectivity index (χ1n) is 9.11. The Balaban J connectivity index is 1.77. The minimum atomic E-state index is 0.0645. The third kappa shape index (κ3) is 5.33. The van der Waals surface area contributed by atoms with Crippen LogP contribution in [0.5, 0.6) is 0 Å². The van der Waals surface area contributed by atoms with Crippen molar-refractivity contribution >= 4 is 5.91 Å². The van der Waals surface area contributed by atoms with E-state index in [1.165, 1.54) is 5.56 Å². The van der Waals surface area contributed by atoms with Crippen molar-refractivity contribution in [1.82, 2.24) is 15.4 Å². The van der Waals surface area contributed by atoms with Crippen molar-refractivity contribution in [3.8, 4) is 0 Å². The largest absolute Gasteiger partial charge is 0.361 e. The van der Waals surface area contributed by atoms with Crippen molar-refractivity contribution in [2.24, 2.45) is 5.41 Å². The molecule has 1 aliphatic rings. The lowest BCUT2D eigenvalue weighted by atomic mass is 9.91. The minimum absolute atomic E-state index is 0.0645. The van der Waals surface area contributed by atoms with Crippen LogP contribution in [0, 0.1) is 19.3 Å². The molecule has 0 saturated carbocycles. The number of hydrogen-bond donors (Lipinski definition) is 1. The predicted molar refractivity (Wildman–Crippen MR) is 96.0 cm³/mol. The summed E-state index contributed by atoms with van der Waals surface area (Å²) in [6, 6.07) is 0.864. The van der Waals surface area contributed by atoms with Gasteiger partial charge in [0.2, 0.25) is 5.91 Å². The van der Waals surface area contributed by atoms with Crippen LogP contribution >= 0.6 is 0 Å². The molecule has 1 N–H and O–H groups in total. The standard InChI is InChI=1S/C19H33N3O2/c1-13(11-17-14(2)21-24-15(17)3)20-16-7-9-22(10-8-16)18(23)12-19(4,5)6/h13,16,20H,7-12H2,1-6H3. The first-order valence-corrected chi connectivity index (χ1v) is 9.11. The number of hydrogen-bond acceptors (Lipinski definition) is 4. The van der Waals surface area contributed by atoms with Gasteiger partial charge in [0, 0.05) is 37.2 Å². The van der Waals surface area contributed by atoms with E-state index >= 15 is 0 Å². The molecule has 1 fully saturated rings. The van der Waals surface area contributed by atoms with E-state index in [1.807, 2.05) is 18.7 Å². The Morgan fingerprint density at radius 2 is 1.96 bits per heavy atom. The molecule has 1 aliphatic heterocycles. The van der Waals surface area contributed by atoms with Gasteiger partial charge in [-0.05, 0) is 45.4 Å². The molecule has 136 valence electrons. The van der Waals surface area contributed by atoms with E-state index < -0.39 is 0 Å². The molecular formula is C19H33N3O2. The Morgan fingerprint density at radius 3 is 2.46 bits per heavy atom. The Bertz CT molecular complexity index is 532. The number of aromatic nitrogens is 1. The molecule has 1 saturated heterocycles. The number of nitrogens with zero attached hydrogens (tertiary/aromatic N) is 2. The SMILES string of the molecule is Cc1noc(C)c1CC(C)NC1CCN(C(=O)CC(C)(C)C)CC1. The number of carbonyl (C=O) groups is 1. The van der Waals surface area contributed by atoms with Crippen LogP contribution in [-0.4, -0.2) is 41.1 Å². The molecule has 0 spiro atoms. The Kier molecular flexibility index (Phi) is 6.07. The van der Waals surface area contributed by atoms with E-state index in [0.717, 1.165) is 43.8 Å². The summed E-state index contributed by atoms with van der Waals surface area (Å²) in [5.74, 6) is 1.22.